The maximum Gasteiger partial charge on any atom is 0.238 e. The molecule has 146 valence electrons. The molecule has 1 aliphatic heterocycles. The second-order valence-corrected chi connectivity index (χ2v) is 8.10. The predicted molar refractivity (Wildman–Crippen MR) is 110 cm³/mol. The lowest BCUT2D eigenvalue weighted by molar-refractivity contribution is -0.123. The van der Waals surface area contributed by atoms with Gasteiger partial charge in [0.05, 0.1) is 17.5 Å². The SMILES string of the molecule is O=C(CCc1ccccc1)Nc1cccc(N2C(=O)[C@H]3[C@H](C2=O)[C@H]2C=C[C@H]3C2)c1. The molecule has 5 nitrogen and oxygen atoms in total. The number of allylic oxidation sites excluding steroid dienone is 2. The van der Waals surface area contributed by atoms with Crippen LogP contribution in [0.3, 0.4) is 0 Å². The molecule has 1 saturated carbocycles. The average Bonchev–Trinajstić information content (AvgIpc) is 3.41. The van der Waals surface area contributed by atoms with Crippen LogP contribution in [0.25, 0.3) is 0 Å². The topological polar surface area (TPSA) is 66.5 Å². The molecule has 1 heterocycles. The molecular weight excluding hydrogens is 364 g/mol. The molecule has 4 atom stereocenters. The minimum absolute atomic E-state index is 0.0933. The van der Waals surface area contributed by atoms with Crippen LogP contribution in [0.15, 0.2) is 66.7 Å². The number of amides is 3. The second kappa shape index (κ2) is 6.99. The molecule has 5 heteroatoms. The number of nitrogens with one attached hydrogen (secondary N) is 1. The first kappa shape index (κ1) is 17.9. The predicted octanol–water partition coefficient (Wildman–Crippen LogP) is 3.57. The minimum atomic E-state index is -0.221. The monoisotopic (exact) mass is 386 g/mol. The van der Waals surface area contributed by atoms with E-state index in [9.17, 15) is 14.4 Å². The Labute approximate surface area is 169 Å². The molecular formula is C24H22N2O3. The molecule has 0 aromatic heterocycles. The Morgan fingerprint density at radius 3 is 2.31 bits per heavy atom. The lowest BCUT2D eigenvalue weighted by Crippen LogP contribution is -2.32. The Morgan fingerprint density at radius 1 is 0.931 bits per heavy atom. The van der Waals surface area contributed by atoms with Crippen LogP contribution in [0.5, 0.6) is 0 Å². The highest BCUT2D eigenvalue weighted by Crippen LogP contribution is 2.53. The maximum absolute atomic E-state index is 13.0. The van der Waals surface area contributed by atoms with Gasteiger partial charge in [0.2, 0.25) is 17.7 Å². The third-order valence-electron chi connectivity index (χ3n) is 6.34. The van der Waals surface area contributed by atoms with Gasteiger partial charge in [-0.15, -0.1) is 0 Å². The van der Waals surface area contributed by atoms with E-state index in [1.165, 1.54) is 4.90 Å². The van der Waals surface area contributed by atoms with Crippen LogP contribution in [-0.2, 0) is 20.8 Å². The number of anilines is 2. The smallest absolute Gasteiger partial charge is 0.238 e. The van der Waals surface area contributed by atoms with Crippen molar-refractivity contribution in [1.29, 1.82) is 0 Å². The first-order valence-corrected chi connectivity index (χ1v) is 10.1. The quantitative estimate of drug-likeness (QED) is 0.631. The average molecular weight is 386 g/mol. The number of rotatable bonds is 5. The number of carbonyl (C=O) groups excluding carboxylic acids is 3. The summed E-state index contributed by atoms with van der Waals surface area (Å²) >= 11 is 0. The van der Waals surface area contributed by atoms with Crippen molar-refractivity contribution in [3.05, 3.63) is 72.3 Å². The summed E-state index contributed by atoms with van der Waals surface area (Å²) in [7, 11) is 0. The van der Waals surface area contributed by atoms with Gasteiger partial charge in [0.1, 0.15) is 0 Å². The Hall–Kier alpha value is -3.21. The Balaban J connectivity index is 1.28. The van der Waals surface area contributed by atoms with E-state index in [2.05, 4.69) is 17.5 Å². The molecule has 2 aromatic carbocycles. The highest BCUT2D eigenvalue weighted by atomic mass is 16.2. The Kier molecular flexibility index (Phi) is 4.31. The second-order valence-electron chi connectivity index (χ2n) is 8.10. The first-order valence-electron chi connectivity index (χ1n) is 10.1. The van der Waals surface area contributed by atoms with Gasteiger partial charge in [-0.25, -0.2) is 4.90 Å². The fourth-order valence-electron chi connectivity index (χ4n) is 5.01. The van der Waals surface area contributed by atoms with Crippen molar-refractivity contribution in [2.24, 2.45) is 23.7 Å². The molecule has 0 spiro atoms. The Morgan fingerprint density at radius 2 is 1.62 bits per heavy atom. The summed E-state index contributed by atoms with van der Waals surface area (Å²) in [4.78, 5) is 39.6. The normalized spacial score (nSPS) is 26.8. The maximum atomic E-state index is 13.0. The van der Waals surface area contributed by atoms with E-state index in [-0.39, 0.29) is 41.4 Å². The third-order valence-corrected chi connectivity index (χ3v) is 6.34. The number of fused-ring (bicyclic) bond motifs is 5. The summed E-state index contributed by atoms with van der Waals surface area (Å²) in [5, 5.41) is 2.89. The van der Waals surface area contributed by atoms with E-state index in [0.717, 1.165) is 12.0 Å². The molecule has 1 saturated heterocycles. The number of benzene rings is 2. The van der Waals surface area contributed by atoms with Crippen LogP contribution in [-0.4, -0.2) is 17.7 Å². The van der Waals surface area contributed by atoms with Crippen LogP contribution in [0, 0.1) is 23.7 Å². The van der Waals surface area contributed by atoms with Gasteiger partial charge in [0.15, 0.2) is 0 Å². The largest absolute Gasteiger partial charge is 0.326 e. The molecule has 0 unspecified atom stereocenters. The molecule has 3 aliphatic rings. The Bertz CT molecular complexity index is 984. The van der Waals surface area contributed by atoms with E-state index >= 15 is 0 Å². The number of hydrogen-bond acceptors (Lipinski definition) is 3. The summed E-state index contributed by atoms with van der Waals surface area (Å²) in [5.41, 5.74) is 2.24. The van der Waals surface area contributed by atoms with Gasteiger partial charge in [-0.2, -0.15) is 0 Å². The fourth-order valence-corrected chi connectivity index (χ4v) is 5.01. The lowest BCUT2D eigenvalue weighted by atomic mass is 9.85. The molecule has 5 rings (SSSR count). The zero-order valence-electron chi connectivity index (χ0n) is 16.0. The summed E-state index contributed by atoms with van der Waals surface area (Å²) in [5.74, 6) is -0.374. The van der Waals surface area contributed by atoms with E-state index in [0.29, 0.717) is 24.2 Å². The molecule has 2 fully saturated rings. The van der Waals surface area contributed by atoms with Crippen LogP contribution in [0.1, 0.15) is 18.4 Å². The van der Waals surface area contributed by atoms with Crippen LogP contribution in [0.2, 0.25) is 0 Å². The molecule has 0 radical (unpaired) electrons. The van der Waals surface area contributed by atoms with Gasteiger partial charge in [0.25, 0.3) is 0 Å². The van der Waals surface area contributed by atoms with E-state index in [1.54, 1.807) is 24.3 Å². The molecule has 3 amide bonds. The zero-order chi connectivity index (χ0) is 20.0. The van der Waals surface area contributed by atoms with Crippen LogP contribution in [0.4, 0.5) is 11.4 Å². The highest BCUT2D eigenvalue weighted by molar-refractivity contribution is 6.23. The van der Waals surface area contributed by atoms with Gasteiger partial charge in [0, 0.05) is 12.1 Å². The minimum Gasteiger partial charge on any atom is -0.326 e. The van der Waals surface area contributed by atoms with E-state index < -0.39 is 0 Å². The van der Waals surface area contributed by atoms with E-state index in [1.807, 2.05) is 30.3 Å². The number of hydrogen-bond donors (Lipinski definition) is 1. The van der Waals surface area contributed by atoms with Crippen molar-refractivity contribution in [3.63, 3.8) is 0 Å². The molecule has 2 aliphatic carbocycles. The molecule has 29 heavy (non-hydrogen) atoms. The number of carbonyl (C=O) groups is 3. The fraction of sp³-hybridized carbons (Fsp3) is 0.292. The van der Waals surface area contributed by atoms with Crippen molar-refractivity contribution < 1.29 is 14.4 Å². The van der Waals surface area contributed by atoms with Gasteiger partial charge < -0.3 is 5.32 Å². The van der Waals surface area contributed by atoms with Crippen molar-refractivity contribution in [2.75, 3.05) is 10.2 Å². The van der Waals surface area contributed by atoms with E-state index in [4.69, 9.17) is 0 Å². The molecule has 2 aromatic rings. The zero-order valence-corrected chi connectivity index (χ0v) is 16.0. The van der Waals surface area contributed by atoms with Gasteiger partial charge >= 0.3 is 0 Å². The number of imide groups is 1. The highest BCUT2D eigenvalue weighted by Gasteiger charge is 2.59. The van der Waals surface area contributed by atoms with Crippen molar-refractivity contribution in [2.45, 2.75) is 19.3 Å². The van der Waals surface area contributed by atoms with Crippen LogP contribution < -0.4 is 10.2 Å². The summed E-state index contributed by atoms with van der Waals surface area (Å²) in [6.45, 7) is 0. The number of nitrogens with zero attached hydrogens (tertiary/aromatic N) is 1. The van der Waals surface area contributed by atoms with Crippen molar-refractivity contribution >= 4 is 29.1 Å². The number of aryl methyl sites for hydroxylation is 1. The van der Waals surface area contributed by atoms with Gasteiger partial charge in [-0.1, -0.05) is 48.6 Å². The van der Waals surface area contributed by atoms with Crippen LogP contribution >= 0.6 is 0 Å². The van der Waals surface area contributed by atoms with Gasteiger partial charge in [-0.05, 0) is 48.4 Å². The summed E-state index contributed by atoms with van der Waals surface area (Å²) in [6, 6.07) is 16.9. The van der Waals surface area contributed by atoms with Gasteiger partial charge in [-0.3, -0.25) is 14.4 Å². The summed E-state index contributed by atoms with van der Waals surface area (Å²) < 4.78 is 0. The first-order chi connectivity index (χ1) is 14.1. The molecule has 1 N–H and O–H groups in total. The summed E-state index contributed by atoms with van der Waals surface area (Å²) in [6.07, 6.45) is 6.12. The van der Waals surface area contributed by atoms with Crippen molar-refractivity contribution in [3.8, 4) is 0 Å². The van der Waals surface area contributed by atoms with Crippen molar-refractivity contribution in [1.82, 2.24) is 0 Å². The lowest BCUT2D eigenvalue weighted by Gasteiger charge is -2.18. The molecule has 2 bridgehead atoms. The standard InChI is InChI=1S/C24H22N2O3/c27-20(12-9-15-5-2-1-3-6-15)25-18-7-4-8-19(14-18)26-23(28)21-16-10-11-17(13-16)22(21)24(26)29/h1-8,10-11,14,16-17,21-22H,9,12-13H2,(H,25,27)/t16-,17-,21+,22+/m0/s1. The third kappa shape index (κ3) is 3.07.